The van der Waals surface area contributed by atoms with E-state index in [4.69, 9.17) is 4.74 Å². The molecule has 0 aromatic carbocycles. The quantitative estimate of drug-likeness (QED) is 0.743. The van der Waals surface area contributed by atoms with Crippen molar-refractivity contribution in [2.75, 3.05) is 13.7 Å². The number of hydrogen-bond donors (Lipinski definition) is 1. The topological polar surface area (TPSA) is 21.3 Å². The Balaban J connectivity index is 2.00. The predicted octanol–water partition coefficient (Wildman–Crippen LogP) is 2.89. The van der Waals surface area contributed by atoms with Gasteiger partial charge < -0.3 is 10.1 Å². The summed E-state index contributed by atoms with van der Waals surface area (Å²) in [5.74, 6) is 0.685. The van der Waals surface area contributed by atoms with E-state index in [0.29, 0.717) is 18.1 Å². The van der Waals surface area contributed by atoms with Gasteiger partial charge in [-0.2, -0.15) is 0 Å². The summed E-state index contributed by atoms with van der Waals surface area (Å²) in [6.07, 6.45) is 10.8. The molecule has 3 atom stereocenters. The number of hydrogen-bond acceptors (Lipinski definition) is 2. The van der Waals surface area contributed by atoms with Crippen LogP contribution in [0.15, 0.2) is 11.6 Å². The molecule has 2 aliphatic rings. The highest BCUT2D eigenvalue weighted by Gasteiger charge is 2.30. The Morgan fingerprint density at radius 1 is 1.38 bits per heavy atom. The average Bonchev–Trinajstić information content (AvgIpc) is 2.55. The zero-order valence-corrected chi connectivity index (χ0v) is 10.7. The Morgan fingerprint density at radius 2 is 2.25 bits per heavy atom. The molecule has 1 aliphatic carbocycles. The first-order chi connectivity index (χ1) is 7.81. The van der Waals surface area contributed by atoms with E-state index in [-0.39, 0.29) is 0 Å². The molecule has 0 saturated carbocycles. The zero-order chi connectivity index (χ0) is 11.4. The summed E-state index contributed by atoms with van der Waals surface area (Å²) in [6.45, 7) is 3.12. The van der Waals surface area contributed by atoms with Gasteiger partial charge in [0.25, 0.3) is 0 Å². The summed E-state index contributed by atoms with van der Waals surface area (Å²) in [5, 5.41) is 3.51. The van der Waals surface area contributed by atoms with Crippen LogP contribution in [-0.4, -0.2) is 25.8 Å². The molecule has 0 amide bonds. The van der Waals surface area contributed by atoms with Crippen molar-refractivity contribution in [1.29, 1.82) is 0 Å². The zero-order valence-electron chi connectivity index (χ0n) is 10.7. The summed E-state index contributed by atoms with van der Waals surface area (Å²) in [6, 6.07) is 0.558. The van der Waals surface area contributed by atoms with Crippen LogP contribution in [-0.2, 0) is 4.74 Å². The number of likely N-dealkylation sites (N-methyl/N-ethyl adjacent to an activating group) is 1. The number of ether oxygens (including phenoxy) is 1. The van der Waals surface area contributed by atoms with Crippen LogP contribution < -0.4 is 5.32 Å². The van der Waals surface area contributed by atoms with E-state index in [1.807, 2.05) is 0 Å². The lowest BCUT2D eigenvalue weighted by Crippen LogP contribution is -2.35. The fourth-order valence-corrected chi connectivity index (χ4v) is 3.13. The van der Waals surface area contributed by atoms with Gasteiger partial charge in [-0.25, -0.2) is 0 Å². The van der Waals surface area contributed by atoms with E-state index in [2.05, 4.69) is 25.4 Å². The third-order valence-electron chi connectivity index (χ3n) is 3.99. The molecule has 0 radical (unpaired) electrons. The van der Waals surface area contributed by atoms with Crippen LogP contribution in [0.5, 0.6) is 0 Å². The van der Waals surface area contributed by atoms with Crippen LogP contribution in [0.4, 0.5) is 0 Å². The number of allylic oxidation sites excluding steroid dienone is 1. The maximum Gasteiger partial charge on any atom is 0.0551 e. The van der Waals surface area contributed by atoms with Gasteiger partial charge in [0.15, 0.2) is 0 Å². The van der Waals surface area contributed by atoms with Crippen LogP contribution in [0.3, 0.4) is 0 Å². The molecule has 1 fully saturated rings. The van der Waals surface area contributed by atoms with Crippen molar-refractivity contribution >= 4 is 0 Å². The lowest BCUT2D eigenvalue weighted by molar-refractivity contribution is 0.118. The van der Waals surface area contributed by atoms with Crippen LogP contribution >= 0.6 is 0 Å². The Hall–Kier alpha value is -0.340. The normalized spacial score (nSPS) is 33.2. The largest absolute Gasteiger partial charge is 0.378 e. The molecule has 2 heteroatoms. The highest BCUT2D eigenvalue weighted by atomic mass is 16.5. The van der Waals surface area contributed by atoms with Gasteiger partial charge in [0.05, 0.1) is 12.7 Å². The third-order valence-corrected chi connectivity index (χ3v) is 3.99. The first-order valence-corrected chi connectivity index (χ1v) is 6.79. The van der Waals surface area contributed by atoms with Crippen molar-refractivity contribution < 1.29 is 4.74 Å². The first kappa shape index (κ1) is 12.1. The molecule has 2 nitrogen and oxygen atoms in total. The Morgan fingerprint density at radius 3 is 2.94 bits per heavy atom. The van der Waals surface area contributed by atoms with Gasteiger partial charge in [-0.15, -0.1) is 0 Å². The molecular formula is C14H25NO. The van der Waals surface area contributed by atoms with Crippen LogP contribution in [0.2, 0.25) is 0 Å². The average molecular weight is 223 g/mol. The Bertz CT molecular complexity index is 249. The highest BCUT2D eigenvalue weighted by Crippen LogP contribution is 2.29. The molecule has 92 valence electrons. The number of nitrogens with one attached hydrogen (secondary N) is 1. The molecule has 3 unspecified atom stereocenters. The molecule has 1 N–H and O–H groups in total. The minimum absolute atomic E-state index is 0.451. The fourth-order valence-electron chi connectivity index (χ4n) is 3.13. The van der Waals surface area contributed by atoms with E-state index in [0.717, 1.165) is 6.61 Å². The van der Waals surface area contributed by atoms with Gasteiger partial charge in [-0.3, -0.25) is 0 Å². The first-order valence-electron chi connectivity index (χ1n) is 6.79. The maximum atomic E-state index is 5.70. The van der Waals surface area contributed by atoms with E-state index >= 15 is 0 Å². The SMILES string of the molecule is CNC(C1=CCCCCC1)C1COC(C)C1. The highest BCUT2D eigenvalue weighted by molar-refractivity contribution is 5.14. The maximum absolute atomic E-state index is 5.70. The molecule has 1 aliphatic heterocycles. The van der Waals surface area contributed by atoms with Crippen LogP contribution in [0.25, 0.3) is 0 Å². The van der Waals surface area contributed by atoms with Gasteiger partial charge >= 0.3 is 0 Å². The smallest absolute Gasteiger partial charge is 0.0551 e. The van der Waals surface area contributed by atoms with E-state index in [1.54, 1.807) is 5.57 Å². The predicted molar refractivity (Wildman–Crippen MR) is 67.5 cm³/mol. The van der Waals surface area contributed by atoms with Crippen molar-refractivity contribution in [2.45, 2.75) is 57.6 Å². The minimum atomic E-state index is 0.451. The van der Waals surface area contributed by atoms with Gasteiger partial charge in [-0.1, -0.05) is 18.1 Å². The molecule has 1 heterocycles. The van der Waals surface area contributed by atoms with Crippen molar-refractivity contribution in [3.05, 3.63) is 11.6 Å². The lowest BCUT2D eigenvalue weighted by Gasteiger charge is -2.25. The van der Waals surface area contributed by atoms with Gasteiger partial charge in [0.2, 0.25) is 0 Å². The molecule has 0 aromatic heterocycles. The lowest BCUT2D eigenvalue weighted by atomic mass is 9.88. The molecule has 1 saturated heterocycles. The summed E-state index contributed by atoms with van der Waals surface area (Å²) in [4.78, 5) is 0. The van der Waals surface area contributed by atoms with Gasteiger partial charge in [-0.05, 0) is 46.1 Å². The third kappa shape index (κ3) is 2.86. The second-order valence-corrected chi connectivity index (χ2v) is 5.28. The van der Waals surface area contributed by atoms with E-state index < -0.39 is 0 Å². The molecular weight excluding hydrogens is 198 g/mol. The Kier molecular flexibility index (Phi) is 4.42. The summed E-state index contributed by atoms with van der Waals surface area (Å²) in [5.41, 5.74) is 1.64. The van der Waals surface area contributed by atoms with Gasteiger partial charge in [0.1, 0.15) is 0 Å². The van der Waals surface area contributed by atoms with E-state index in [9.17, 15) is 0 Å². The fraction of sp³-hybridized carbons (Fsp3) is 0.857. The molecule has 2 rings (SSSR count). The van der Waals surface area contributed by atoms with Crippen LogP contribution in [0, 0.1) is 5.92 Å². The van der Waals surface area contributed by atoms with Crippen molar-refractivity contribution in [3.8, 4) is 0 Å². The standard InChI is InChI=1S/C14H25NO/c1-11-9-13(10-16-11)14(15-2)12-7-5-3-4-6-8-12/h7,11,13-15H,3-6,8-10H2,1-2H3. The van der Waals surface area contributed by atoms with Crippen molar-refractivity contribution in [3.63, 3.8) is 0 Å². The minimum Gasteiger partial charge on any atom is -0.378 e. The molecule has 0 aromatic rings. The summed E-state index contributed by atoms with van der Waals surface area (Å²) < 4.78 is 5.70. The van der Waals surface area contributed by atoms with Crippen molar-refractivity contribution in [1.82, 2.24) is 5.32 Å². The molecule has 0 bridgehead atoms. The van der Waals surface area contributed by atoms with Crippen molar-refractivity contribution in [2.24, 2.45) is 5.92 Å². The van der Waals surface area contributed by atoms with Gasteiger partial charge in [0, 0.05) is 12.0 Å². The van der Waals surface area contributed by atoms with Crippen LogP contribution in [0.1, 0.15) is 45.4 Å². The van der Waals surface area contributed by atoms with E-state index in [1.165, 1.54) is 38.5 Å². The monoisotopic (exact) mass is 223 g/mol. The molecule has 16 heavy (non-hydrogen) atoms. The second-order valence-electron chi connectivity index (χ2n) is 5.28. The Labute approximate surface area is 99.4 Å². The number of rotatable bonds is 3. The summed E-state index contributed by atoms with van der Waals surface area (Å²) >= 11 is 0. The summed E-state index contributed by atoms with van der Waals surface area (Å²) in [7, 11) is 2.10. The second kappa shape index (κ2) is 5.83. The molecule has 0 spiro atoms.